The van der Waals surface area contributed by atoms with Crippen LogP contribution in [0.1, 0.15) is 19.8 Å². The number of piperidine rings is 1. The Morgan fingerprint density at radius 3 is 2.71 bits per heavy atom. The molecule has 0 radical (unpaired) electrons. The molecule has 1 aliphatic rings. The molecule has 0 aromatic rings. The van der Waals surface area contributed by atoms with Crippen molar-refractivity contribution in [2.75, 3.05) is 40.3 Å². The minimum absolute atomic E-state index is 0.108. The maximum absolute atomic E-state index is 9.70. The fourth-order valence-corrected chi connectivity index (χ4v) is 1.93. The molecule has 1 fully saturated rings. The molecule has 0 amide bonds. The quantitative estimate of drug-likeness (QED) is 0.721. The van der Waals surface area contributed by atoms with Crippen molar-refractivity contribution >= 4 is 0 Å². The van der Waals surface area contributed by atoms with Crippen LogP contribution in [0, 0.1) is 5.92 Å². The van der Waals surface area contributed by atoms with Crippen molar-refractivity contribution in [2.45, 2.75) is 25.9 Å². The monoisotopic (exact) mass is 200 g/mol. The smallest absolute Gasteiger partial charge is 0.0693 e. The van der Waals surface area contributed by atoms with Crippen molar-refractivity contribution in [3.63, 3.8) is 0 Å². The maximum Gasteiger partial charge on any atom is 0.0693 e. The van der Waals surface area contributed by atoms with E-state index in [2.05, 4.69) is 30.8 Å². The molecule has 0 aliphatic carbocycles. The largest absolute Gasteiger partial charge is 0.392 e. The topological polar surface area (TPSA) is 26.7 Å². The Morgan fingerprint density at radius 2 is 2.14 bits per heavy atom. The summed E-state index contributed by atoms with van der Waals surface area (Å²) in [4.78, 5) is 4.59. The normalized spacial score (nSPS) is 29.8. The summed E-state index contributed by atoms with van der Waals surface area (Å²) in [6, 6.07) is 0. The Bertz CT molecular complexity index is 161. The van der Waals surface area contributed by atoms with Crippen LogP contribution in [-0.2, 0) is 0 Å². The number of aliphatic hydroxyl groups is 1. The van der Waals surface area contributed by atoms with Gasteiger partial charge in [0.25, 0.3) is 0 Å². The molecule has 2 atom stereocenters. The van der Waals surface area contributed by atoms with Crippen molar-refractivity contribution in [3.05, 3.63) is 0 Å². The van der Waals surface area contributed by atoms with Gasteiger partial charge in [0, 0.05) is 6.54 Å². The fraction of sp³-hybridized carbons (Fsp3) is 1.00. The molecule has 1 rings (SSSR count). The lowest BCUT2D eigenvalue weighted by molar-refractivity contribution is 0.0282. The molecule has 2 unspecified atom stereocenters. The first kappa shape index (κ1) is 12.0. The van der Waals surface area contributed by atoms with Crippen LogP contribution in [0.15, 0.2) is 0 Å². The third kappa shape index (κ3) is 3.95. The highest BCUT2D eigenvalue weighted by molar-refractivity contribution is 4.77. The molecule has 3 heteroatoms. The molecule has 0 spiro atoms. The van der Waals surface area contributed by atoms with Crippen LogP contribution < -0.4 is 0 Å². The highest BCUT2D eigenvalue weighted by atomic mass is 16.3. The Kier molecular flexibility index (Phi) is 4.85. The first-order valence-corrected chi connectivity index (χ1v) is 5.64. The van der Waals surface area contributed by atoms with Crippen molar-refractivity contribution in [2.24, 2.45) is 5.92 Å². The van der Waals surface area contributed by atoms with E-state index in [-0.39, 0.29) is 6.10 Å². The first-order valence-electron chi connectivity index (χ1n) is 5.64. The molecule has 1 saturated heterocycles. The van der Waals surface area contributed by atoms with Crippen molar-refractivity contribution in [1.29, 1.82) is 0 Å². The van der Waals surface area contributed by atoms with Crippen molar-refractivity contribution in [3.8, 4) is 0 Å². The average molecular weight is 200 g/mol. The number of likely N-dealkylation sites (tertiary alicyclic amines) is 1. The van der Waals surface area contributed by atoms with Crippen molar-refractivity contribution in [1.82, 2.24) is 9.80 Å². The van der Waals surface area contributed by atoms with E-state index < -0.39 is 0 Å². The van der Waals surface area contributed by atoms with E-state index in [1.807, 2.05) is 0 Å². The van der Waals surface area contributed by atoms with Crippen LogP contribution in [-0.4, -0.2) is 61.3 Å². The van der Waals surface area contributed by atoms with E-state index in [9.17, 15) is 5.11 Å². The molecule has 1 N–H and O–H groups in total. The fourth-order valence-electron chi connectivity index (χ4n) is 1.93. The Hall–Kier alpha value is -0.120. The van der Waals surface area contributed by atoms with Crippen LogP contribution in [0.2, 0.25) is 0 Å². The highest BCUT2D eigenvalue weighted by Crippen LogP contribution is 2.16. The Labute approximate surface area is 87.7 Å². The van der Waals surface area contributed by atoms with E-state index in [0.717, 1.165) is 32.6 Å². The second-order valence-electron chi connectivity index (χ2n) is 4.79. The Morgan fingerprint density at radius 1 is 1.43 bits per heavy atom. The number of hydrogen-bond donors (Lipinski definition) is 1. The predicted molar refractivity (Wildman–Crippen MR) is 59.4 cm³/mol. The average Bonchev–Trinajstić information content (AvgIpc) is 2.10. The number of nitrogens with zero attached hydrogens (tertiary/aromatic N) is 2. The van der Waals surface area contributed by atoms with E-state index in [0.29, 0.717) is 5.92 Å². The third-order valence-corrected chi connectivity index (χ3v) is 3.08. The lowest BCUT2D eigenvalue weighted by Gasteiger charge is -2.34. The lowest BCUT2D eigenvalue weighted by atomic mass is 9.96. The Balaban J connectivity index is 2.13. The van der Waals surface area contributed by atoms with Gasteiger partial charge in [-0.25, -0.2) is 0 Å². The van der Waals surface area contributed by atoms with Gasteiger partial charge in [-0.05, 0) is 52.5 Å². The molecule has 1 aliphatic heterocycles. The molecular weight excluding hydrogens is 176 g/mol. The highest BCUT2D eigenvalue weighted by Gasteiger charge is 2.23. The first-order chi connectivity index (χ1) is 6.59. The number of hydrogen-bond acceptors (Lipinski definition) is 3. The zero-order valence-corrected chi connectivity index (χ0v) is 9.74. The maximum atomic E-state index is 9.70. The summed E-state index contributed by atoms with van der Waals surface area (Å²) in [7, 11) is 4.21. The summed E-state index contributed by atoms with van der Waals surface area (Å²) in [6.45, 7) is 6.44. The van der Waals surface area contributed by atoms with E-state index >= 15 is 0 Å². The van der Waals surface area contributed by atoms with Gasteiger partial charge in [-0.15, -0.1) is 0 Å². The van der Waals surface area contributed by atoms with Crippen LogP contribution >= 0.6 is 0 Å². The van der Waals surface area contributed by atoms with Crippen LogP contribution in [0.3, 0.4) is 0 Å². The van der Waals surface area contributed by atoms with E-state index in [1.165, 1.54) is 6.42 Å². The third-order valence-electron chi connectivity index (χ3n) is 3.08. The molecule has 0 aromatic heterocycles. The predicted octanol–water partition coefficient (Wildman–Crippen LogP) is 0.641. The zero-order valence-electron chi connectivity index (χ0n) is 9.74. The molecule has 0 aromatic carbocycles. The van der Waals surface area contributed by atoms with Gasteiger partial charge in [0.05, 0.1) is 6.10 Å². The van der Waals surface area contributed by atoms with Crippen LogP contribution in [0.4, 0.5) is 0 Å². The molecule has 0 saturated carbocycles. The standard InChI is InChI=1S/C11H24N2O/c1-10-5-8-13(9-11(10)14)7-4-6-12(2)3/h10-11,14H,4-9H2,1-3H3. The van der Waals surface area contributed by atoms with Gasteiger partial charge in [-0.2, -0.15) is 0 Å². The second-order valence-corrected chi connectivity index (χ2v) is 4.79. The van der Waals surface area contributed by atoms with Gasteiger partial charge in [-0.1, -0.05) is 6.92 Å². The summed E-state index contributed by atoms with van der Waals surface area (Å²) in [5, 5.41) is 9.70. The lowest BCUT2D eigenvalue weighted by Crippen LogP contribution is -2.43. The molecule has 0 bridgehead atoms. The van der Waals surface area contributed by atoms with Crippen LogP contribution in [0.25, 0.3) is 0 Å². The minimum atomic E-state index is -0.108. The summed E-state index contributed by atoms with van der Waals surface area (Å²) in [5.74, 6) is 0.486. The van der Waals surface area contributed by atoms with Gasteiger partial charge in [-0.3, -0.25) is 0 Å². The molecular formula is C11H24N2O. The number of β-amino-alcohol motifs (C(OH)–C–C–N with tert-alkyl or cyclic N) is 1. The van der Waals surface area contributed by atoms with Gasteiger partial charge in [0.15, 0.2) is 0 Å². The molecule has 84 valence electrons. The number of aliphatic hydroxyl groups excluding tert-OH is 1. The van der Waals surface area contributed by atoms with Gasteiger partial charge in [0.1, 0.15) is 0 Å². The molecule has 14 heavy (non-hydrogen) atoms. The van der Waals surface area contributed by atoms with Gasteiger partial charge < -0.3 is 14.9 Å². The van der Waals surface area contributed by atoms with Crippen LogP contribution in [0.5, 0.6) is 0 Å². The minimum Gasteiger partial charge on any atom is -0.392 e. The second kappa shape index (κ2) is 5.69. The van der Waals surface area contributed by atoms with E-state index in [1.54, 1.807) is 0 Å². The molecule has 1 heterocycles. The number of rotatable bonds is 4. The summed E-state index contributed by atoms with van der Waals surface area (Å²) in [6.07, 6.45) is 2.24. The summed E-state index contributed by atoms with van der Waals surface area (Å²) in [5.41, 5.74) is 0. The molecule has 3 nitrogen and oxygen atoms in total. The summed E-state index contributed by atoms with van der Waals surface area (Å²) < 4.78 is 0. The van der Waals surface area contributed by atoms with Crippen molar-refractivity contribution < 1.29 is 5.11 Å². The SMILES string of the molecule is CC1CCN(CCCN(C)C)CC1O. The summed E-state index contributed by atoms with van der Waals surface area (Å²) >= 11 is 0. The van der Waals surface area contributed by atoms with Gasteiger partial charge in [0.2, 0.25) is 0 Å². The van der Waals surface area contributed by atoms with E-state index in [4.69, 9.17) is 0 Å². The van der Waals surface area contributed by atoms with Gasteiger partial charge >= 0.3 is 0 Å². The zero-order chi connectivity index (χ0) is 10.6.